The molecule has 1 aliphatic rings. The van der Waals surface area contributed by atoms with Crippen LogP contribution in [-0.4, -0.2) is 25.9 Å². The molecule has 1 aromatic carbocycles. The van der Waals surface area contributed by atoms with E-state index in [0.717, 1.165) is 12.1 Å². The molecule has 0 bridgehead atoms. The molecule has 1 saturated carbocycles. The minimum atomic E-state index is -0.301. The molecule has 1 fully saturated rings. The summed E-state index contributed by atoms with van der Waals surface area (Å²) in [6, 6.07) is 7.23. The number of rotatable bonds is 3. The molecule has 0 aliphatic heterocycles. The Labute approximate surface area is 112 Å². The van der Waals surface area contributed by atoms with Gasteiger partial charge in [-0.15, -0.1) is 0 Å². The van der Waals surface area contributed by atoms with Gasteiger partial charge in [-0.1, -0.05) is 13.0 Å². The van der Waals surface area contributed by atoms with Crippen LogP contribution in [0.5, 0.6) is 0 Å². The number of anilines is 1. The smallest absolute Gasteiger partial charge is 0.269 e. The molecule has 2 amide bonds. The molecular weight excluding hydrogens is 242 g/mol. The molecule has 0 saturated heterocycles. The van der Waals surface area contributed by atoms with Crippen LogP contribution in [0.1, 0.15) is 23.7 Å². The van der Waals surface area contributed by atoms with Crippen molar-refractivity contribution in [1.82, 2.24) is 10.9 Å². The molecule has 2 rings (SSSR count). The molecule has 5 heteroatoms. The van der Waals surface area contributed by atoms with Gasteiger partial charge in [-0.2, -0.15) is 0 Å². The molecule has 5 nitrogen and oxygen atoms in total. The third-order valence-electron chi connectivity index (χ3n) is 3.37. The topological polar surface area (TPSA) is 61.4 Å². The monoisotopic (exact) mass is 261 g/mol. The van der Waals surface area contributed by atoms with Crippen molar-refractivity contribution in [3.05, 3.63) is 29.8 Å². The van der Waals surface area contributed by atoms with Gasteiger partial charge in [0.1, 0.15) is 0 Å². The number of nitrogens with one attached hydrogen (secondary N) is 2. The van der Waals surface area contributed by atoms with Crippen LogP contribution >= 0.6 is 0 Å². The second kappa shape index (κ2) is 5.30. The fourth-order valence-electron chi connectivity index (χ4n) is 1.90. The van der Waals surface area contributed by atoms with Gasteiger partial charge in [0.15, 0.2) is 0 Å². The molecular formula is C14H19N3O2. The number of hydrogen-bond donors (Lipinski definition) is 2. The fourth-order valence-corrected chi connectivity index (χ4v) is 1.90. The van der Waals surface area contributed by atoms with Crippen molar-refractivity contribution < 1.29 is 9.59 Å². The fraction of sp³-hybridized carbons (Fsp3) is 0.429. The summed E-state index contributed by atoms with van der Waals surface area (Å²) in [7, 11) is 3.82. The average Bonchev–Trinajstić information content (AvgIpc) is 3.13. The Bertz CT molecular complexity index is 499. The molecule has 2 N–H and O–H groups in total. The number of hydrazine groups is 1. The van der Waals surface area contributed by atoms with E-state index in [-0.39, 0.29) is 17.7 Å². The van der Waals surface area contributed by atoms with E-state index >= 15 is 0 Å². The lowest BCUT2D eigenvalue weighted by Gasteiger charge is -2.13. The molecule has 1 aliphatic carbocycles. The van der Waals surface area contributed by atoms with Crippen LogP contribution in [0.25, 0.3) is 0 Å². The number of benzene rings is 1. The average molecular weight is 261 g/mol. The van der Waals surface area contributed by atoms with Gasteiger partial charge in [0.25, 0.3) is 5.91 Å². The summed E-state index contributed by atoms with van der Waals surface area (Å²) >= 11 is 0. The Kier molecular flexibility index (Phi) is 3.74. The van der Waals surface area contributed by atoms with E-state index in [0.29, 0.717) is 11.5 Å². The highest BCUT2D eigenvalue weighted by molar-refractivity contribution is 5.96. The van der Waals surface area contributed by atoms with Gasteiger partial charge in [-0.25, -0.2) is 0 Å². The van der Waals surface area contributed by atoms with Gasteiger partial charge in [0.2, 0.25) is 5.91 Å². The quantitative estimate of drug-likeness (QED) is 0.803. The van der Waals surface area contributed by atoms with Gasteiger partial charge in [0.05, 0.1) is 0 Å². The third-order valence-corrected chi connectivity index (χ3v) is 3.37. The highest BCUT2D eigenvalue weighted by Gasteiger charge is 2.39. The summed E-state index contributed by atoms with van der Waals surface area (Å²) in [5, 5.41) is 0. The first-order chi connectivity index (χ1) is 8.99. The standard InChI is InChI=1S/C14H19N3O2/c1-9-7-12(9)14(19)16-15-13(18)10-5-4-6-11(8-10)17(2)3/h4-6,8-9,12H,7H2,1-3H3,(H,15,18)(H,16,19). The second-order valence-corrected chi connectivity index (χ2v) is 5.21. The predicted octanol–water partition coefficient (Wildman–Crippen LogP) is 1.17. The number of amides is 2. The zero-order valence-electron chi connectivity index (χ0n) is 11.4. The maximum absolute atomic E-state index is 11.9. The maximum Gasteiger partial charge on any atom is 0.269 e. The van der Waals surface area contributed by atoms with Crippen LogP contribution in [0.2, 0.25) is 0 Å². The first-order valence-electron chi connectivity index (χ1n) is 6.36. The Morgan fingerprint density at radius 3 is 2.53 bits per heavy atom. The van der Waals surface area contributed by atoms with Gasteiger partial charge >= 0.3 is 0 Å². The van der Waals surface area contributed by atoms with E-state index < -0.39 is 0 Å². The molecule has 0 spiro atoms. The molecule has 2 atom stereocenters. The van der Waals surface area contributed by atoms with Crippen LogP contribution < -0.4 is 15.8 Å². The highest BCUT2D eigenvalue weighted by atomic mass is 16.2. The van der Waals surface area contributed by atoms with E-state index in [1.807, 2.05) is 38.1 Å². The van der Waals surface area contributed by atoms with Crippen LogP contribution in [-0.2, 0) is 4.79 Å². The first-order valence-corrected chi connectivity index (χ1v) is 6.36. The van der Waals surface area contributed by atoms with Gasteiger partial charge < -0.3 is 4.90 Å². The Balaban J connectivity index is 1.92. The SMILES string of the molecule is CC1CC1C(=O)NNC(=O)c1cccc(N(C)C)c1. The minimum absolute atomic E-state index is 0.0495. The van der Waals surface area contributed by atoms with E-state index in [9.17, 15) is 9.59 Å². The van der Waals surface area contributed by atoms with E-state index in [4.69, 9.17) is 0 Å². The second-order valence-electron chi connectivity index (χ2n) is 5.21. The third kappa shape index (κ3) is 3.24. The Hall–Kier alpha value is -2.04. The molecule has 19 heavy (non-hydrogen) atoms. The molecule has 1 aromatic rings. The normalized spacial score (nSPS) is 20.6. The number of carbonyl (C=O) groups excluding carboxylic acids is 2. The summed E-state index contributed by atoms with van der Waals surface area (Å²) in [4.78, 5) is 25.4. The first kappa shape index (κ1) is 13.4. The zero-order chi connectivity index (χ0) is 14.0. The summed E-state index contributed by atoms with van der Waals surface area (Å²) in [6.45, 7) is 2.02. The lowest BCUT2D eigenvalue weighted by Crippen LogP contribution is -2.42. The van der Waals surface area contributed by atoms with Crippen LogP contribution in [0.3, 0.4) is 0 Å². The van der Waals surface area contributed by atoms with Gasteiger partial charge in [-0.3, -0.25) is 20.4 Å². The molecule has 2 unspecified atom stereocenters. The molecule has 0 aromatic heterocycles. The highest BCUT2D eigenvalue weighted by Crippen LogP contribution is 2.37. The van der Waals surface area contributed by atoms with Crippen molar-refractivity contribution in [3.63, 3.8) is 0 Å². The Morgan fingerprint density at radius 1 is 1.26 bits per heavy atom. The van der Waals surface area contributed by atoms with Crippen LogP contribution in [0, 0.1) is 11.8 Å². The number of hydrogen-bond acceptors (Lipinski definition) is 3. The van der Waals surface area contributed by atoms with Crippen molar-refractivity contribution in [2.75, 3.05) is 19.0 Å². The van der Waals surface area contributed by atoms with Gasteiger partial charge in [-0.05, 0) is 30.5 Å². The lowest BCUT2D eigenvalue weighted by molar-refractivity contribution is -0.123. The maximum atomic E-state index is 11.9. The van der Waals surface area contributed by atoms with Crippen molar-refractivity contribution in [2.45, 2.75) is 13.3 Å². The lowest BCUT2D eigenvalue weighted by atomic mass is 10.2. The van der Waals surface area contributed by atoms with E-state index in [2.05, 4.69) is 10.9 Å². The van der Waals surface area contributed by atoms with Crippen molar-refractivity contribution >= 4 is 17.5 Å². The minimum Gasteiger partial charge on any atom is -0.378 e. The molecule has 0 radical (unpaired) electrons. The summed E-state index contributed by atoms with van der Waals surface area (Å²) < 4.78 is 0. The van der Waals surface area contributed by atoms with Crippen LogP contribution in [0.4, 0.5) is 5.69 Å². The summed E-state index contributed by atoms with van der Waals surface area (Å²) in [6.07, 6.45) is 0.901. The summed E-state index contributed by atoms with van der Waals surface area (Å²) in [5.74, 6) is 0.0670. The van der Waals surface area contributed by atoms with Crippen molar-refractivity contribution in [1.29, 1.82) is 0 Å². The summed E-state index contributed by atoms with van der Waals surface area (Å²) in [5.41, 5.74) is 6.38. The van der Waals surface area contributed by atoms with Crippen molar-refractivity contribution in [2.24, 2.45) is 11.8 Å². The van der Waals surface area contributed by atoms with E-state index in [1.54, 1.807) is 12.1 Å². The van der Waals surface area contributed by atoms with Crippen LogP contribution in [0.15, 0.2) is 24.3 Å². The molecule has 102 valence electrons. The largest absolute Gasteiger partial charge is 0.378 e. The zero-order valence-corrected chi connectivity index (χ0v) is 11.4. The molecule has 0 heterocycles. The number of nitrogens with zero attached hydrogens (tertiary/aromatic N) is 1. The number of carbonyl (C=O) groups is 2. The van der Waals surface area contributed by atoms with Crippen molar-refractivity contribution in [3.8, 4) is 0 Å². The predicted molar refractivity (Wildman–Crippen MR) is 73.6 cm³/mol. The Morgan fingerprint density at radius 2 is 1.95 bits per heavy atom. The van der Waals surface area contributed by atoms with Gasteiger partial charge in [0, 0.05) is 31.3 Å². The van der Waals surface area contributed by atoms with E-state index in [1.165, 1.54) is 0 Å².